The monoisotopic (exact) mass is 267 g/mol. The minimum atomic E-state index is -1.06. The number of carboxylic acids is 1. The summed E-state index contributed by atoms with van der Waals surface area (Å²) in [6.45, 7) is 4.81. The van der Waals surface area contributed by atoms with Crippen LogP contribution in [0.3, 0.4) is 0 Å². The van der Waals surface area contributed by atoms with Gasteiger partial charge in [-0.05, 0) is 26.8 Å². The second-order valence-corrected chi connectivity index (χ2v) is 5.08. The third-order valence-electron chi connectivity index (χ3n) is 2.97. The van der Waals surface area contributed by atoms with Crippen LogP contribution in [0, 0.1) is 5.82 Å². The zero-order valence-corrected chi connectivity index (χ0v) is 11.2. The van der Waals surface area contributed by atoms with Crippen molar-refractivity contribution in [2.45, 2.75) is 38.6 Å². The summed E-state index contributed by atoms with van der Waals surface area (Å²) in [7, 11) is 0. The fourth-order valence-corrected chi connectivity index (χ4v) is 1.81. The molecule has 5 heteroatoms. The fraction of sp³-hybridized carbons (Fsp3) is 0.429. The normalized spacial score (nSPS) is 12.8. The summed E-state index contributed by atoms with van der Waals surface area (Å²) in [4.78, 5) is 22.7. The summed E-state index contributed by atoms with van der Waals surface area (Å²) in [5, 5.41) is 11.2. The van der Waals surface area contributed by atoms with Crippen molar-refractivity contribution in [3.8, 4) is 0 Å². The van der Waals surface area contributed by atoms with Crippen LogP contribution in [-0.2, 0) is 15.0 Å². The molecule has 0 radical (unpaired) electrons. The van der Waals surface area contributed by atoms with Gasteiger partial charge in [0.15, 0.2) is 0 Å². The van der Waals surface area contributed by atoms with Crippen molar-refractivity contribution in [3.05, 3.63) is 35.6 Å². The Morgan fingerprint density at radius 1 is 1.37 bits per heavy atom. The molecule has 1 rings (SSSR count). The van der Waals surface area contributed by atoms with E-state index in [2.05, 4.69) is 5.32 Å². The molecule has 1 unspecified atom stereocenters. The number of halogens is 1. The lowest BCUT2D eigenvalue weighted by Crippen LogP contribution is -2.45. The van der Waals surface area contributed by atoms with Crippen LogP contribution in [0.15, 0.2) is 24.3 Å². The molecule has 19 heavy (non-hydrogen) atoms. The Morgan fingerprint density at radius 2 is 1.95 bits per heavy atom. The molecule has 0 aromatic heterocycles. The van der Waals surface area contributed by atoms with E-state index in [1.807, 2.05) is 0 Å². The molecule has 1 aromatic carbocycles. The number of carboxylic acid groups (broad SMARTS) is 1. The zero-order chi connectivity index (χ0) is 14.6. The van der Waals surface area contributed by atoms with E-state index in [1.54, 1.807) is 39.0 Å². The smallest absolute Gasteiger partial charge is 0.305 e. The summed E-state index contributed by atoms with van der Waals surface area (Å²) in [5.41, 5.74) is -0.770. The molecule has 0 heterocycles. The molecule has 1 atom stereocenters. The predicted molar refractivity (Wildman–Crippen MR) is 69.3 cm³/mol. The van der Waals surface area contributed by atoms with Gasteiger partial charge in [-0.3, -0.25) is 9.59 Å². The SMILES string of the molecule is CC(CC(=O)O)NC(=O)C(C)(C)c1ccccc1F. The lowest BCUT2D eigenvalue weighted by Gasteiger charge is -2.26. The largest absolute Gasteiger partial charge is 0.481 e. The average Bonchev–Trinajstić information content (AvgIpc) is 2.27. The van der Waals surface area contributed by atoms with Crippen LogP contribution in [0.2, 0.25) is 0 Å². The van der Waals surface area contributed by atoms with Crippen molar-refractivity contribution in [3.63, 3.8) is 0 Å². The molecule has 0 fully saturated rings. The van der Waals surface area contributed by atoms with E-state index in [0.717, 1.165) is 0 Å². The van der Waals surface area contributed by atoms with E-state index < -0.39 is 29.2 Å². The van der Waals surface area contributed by atoms with Crippen LogP contribution in [0.25, 0.3) is 0 Å². The quantitative estimate of drug-likeness (QED) is 0.858. The highest BCUT2D eigenvalue weighted by molar-refractivity contribution is 5.87. The predicted octanol–water partition coefficient (Wildman–Crippen LogP) is 2.08. The zero-order valence-electron chi connectivity index (χ0n) is 11.2. The number of carbonyl (C=O) groups is 2. The van der Waals surface area contributed by atoms with Crippen molar-refractivity contribution >= 4 is 11.9 Å². The molecule has 0 aliphatic carbocycles. The molecule has 104 valence electrons. The van der Waals surface area contributed by atoms with Gasteiger partial charge in [-0.15, -0.1) is 0 Å². The lowest BCUT2D eigenvalue weighted by molar-refractivity contribution is -0.137. The van der Waals surface area contributed by atoms with Crippen LogP contribution < -0.4 is 5.32 Å². The summed E-state index contributed by atoms with van der Waals surface area (Å²) >= 11 is 0. The van der Waals surface area contributed by atoms with E-state index in [-0.39, 0.29) is 12.0 Å². The average molecular weight is 267 g/mol. The molecule has 0 aliphatic rings. The number of carbonyl (C=O) groups excluding carboxylic acids is 1. The van der Waals surface area contributed by atoms with Gasteiger partial charge in [-0.2, -0.15) is 0 Å². The molecule has 1 aromatic rings. The highest BCUT2D eigenvalue weighted by atomic mass is 19.1. The van der Waals surface area contributed by atoms with E-state index >= 15 is 0 Å². The summed E-state index contributed by atoms with van der Waals surface area (Å²) in [6, 6.07) is 5.56. The lowest BCUT2D eigenvalue weighted by atomic mass is 9.83. The molecule has 4 nitrogen and oxygen atoms in total. The van der Waals surface area contributed by atoms with Gasteiger partial charge in [-0.1, -0.05) is 18.2 Å². The van der Waals surface area contributed by atoms with Gasteiger partial charge in [-0.25, -0.2) is 4.39 Å². The van der Waals surface area contributed by atoms with Gasteiger partial charge in [0.25, 0.3) is 0 Å². The Hall–Kier alpha value is -1.91. The number of hydrogen-bond donors (Lipinski definition) is 2. The van der Waals surface area contributed by atoms with E-state index in [9.17, 15) is 14.0 Å². The minimum Gasteiger partial charge on any atom is -0.481 e. The first-order valence-corrected chi connectivity index (χ1v) is 6.03. The van der Waals surface area contributed by atoms with Gasteiger partial charge >= 0.3 is 5.97 Å². The highest BCUT2D eigenvalue weighted by Crippen LogP contribution is 2.26. The molecule has 0 saturated heterocycles. The molecule has 2 N–H and O–H groups in total. The van der Waals surface area contributed by atoms with Crippen LogP contribution in [0.5, 0.6) is 0 Å². The van der Waals surface area contributed by atoms with Gasteiger partial charge < -0.3 is 10.4 Å². The number of hydrogen-bond acceptors (Lipinski definition) is 2. The number of amides is 1. The Bertz CT molecular complexity index is 485. The number of benzene rings is 1. The van der Waals surface area contributed by atoms with E-state index in [0.29, 0.717) is 0 Å². The van der Waals surface area contributed by atoms with Gasteiger partial charge in [0, 0.05) is 11.6 Å². The van der Waals surface area contributed by atoms with Crippen molar-refractivity contribution in [2.75, 3.05) is 0 Å². The minimum absolute atomic E-state index is 0.168. The summed E-state index contributed by atoms with van der Waals surface area (Å²) in [6.07, 6.45) is -0.168. The maximum Gasteiger partial charge on any atom is 0.305 e. The first-order valence-electron chi connectivity index (χ1n) is 6.03. The van der Waals surface area contributed by atoms with E-state index in [1.165, 1.54) is 6.07 Å². The van der Waals surface area contributed by atoms with Gasteiger partial charge in [0.1, 0.15) is 5.82 Å². The van der Waals surface area contributed by atoms with Crippen LogP contribution in [-0.4, -0.2) is 23.0 Å². The molecule has 0 saturated carbocycles. The Labute approximate surface area is 111 Å². The van der Waals surface area contributed by atoms with Gasteiger partial charge in [0.05, 0.1) is 11.8 Å². The maximum atomic E-state index is 13.7. The number of rotatable bonds is 5. The first kappa shape index (κ1) is 15.1. The van der Waals surface area contributed by atoms with Crippen molar-refractivity contribution in [1.29, 1.82) is 0 Å². The third kappa shape index (κ3) is 3.77. The number of aliphatic carboxylic acids is 1. The molecule has 1 amide bonds. The Kier molecular flexibility index (Phi) is 4.64. The van der Waals surface area contributed by atoms with Crippen LogP contribution in [0.1, 0.15) is 32.8 Å². The molecular weight excluding hydrogens is 249 g/mol. The molecule has 0 spiro atoms. The Balaban J connectivity index is 2.86. The van der Waals surface area contributed by atoms with Crippen molar-refractivity contribution in [2.24, 2.45) is 0 Å². The second-order valence-electron chi connectivity index (χ2n) is 5.08. The highest BCUT2D eigenvalue weighted by Gasteiger charge is 2.33. The maximum absolute atomic E-state index is 13.7. The topological polar surface area (TPSA) is 66.4 Å². The van der Waals surface area contributed by atoms with Crippen LogP contribution in [0.4, 0.5) is 4.39 Å². The summed E-state index contributed by atoms with van der Waals surface area (Å²) in [5.74, 6) is -1.84. The van der Waals surface area contributed by atoms with Gasteiger partial charge in [0.2, 0.25) is 5.91 Å². The summed E-state index contributed by atoms with van der Waals surface area (Å²) < 4.78 is 13.7. The standard InChI is InChI=1S/C14H18FNO3/c1-9(8-12(17)18)16-13(19)14(2,3)10-6-4-5-7-11(10)15/h4-7,9H,8H2,1-3H3,(H,16,19)(H,17,18). The fourth-order valence-electron chi connectivity index (χ4n) is 1.81. The number of nitrogens with one attached hydrogen (secondary N) is 1. The molecule has 0 bridgehead atoms. The Morgan fingerprint density at radius 3 is 2.47 bits per heavy atom. The van der Waals surface area contributed by atoms with Crippen LogP contribution >= 0.6 is 0 Å². The second kappa shape index (κ2) is 5.82. The third-order valence-corrected chi connectivity index (χ3v) is 2.97. The molecule has 0 aliphatic heterocycles. The van der Waals surface area contributed by atoms with E-state index in [4.69, 9.17) is 5.11 Å². The van der Waals surface area contributed by atoms with Crippen molar-refractivity contribution < 1.29 is 19.1 Å². The molecular formula is C14H18FNO3. The first-order chi connectivity index (χ1) is 8.75. The van der Waals surface area contributed by atoms with Crippen molar-refractivity contribution in [1.82, 2.24) is 5.32 Å².